The van der Waals surface area contributed by atoms with Gasteiger partial charge in [-0.25, -0.2) is 13.8 Å². The highest BCUT2D eigenvalue weighted by molar-refractivity contribution is 5.49. The minimum absolute atomic E-state index is 0.138. The highest BCUT2D eigenvalue weighted by Crippen LogP contribution is 2.30. The minimum atomic E-state index is -0.633. The molecule has 0 amide bonds. The second-order valence-electron chi connectivity index (χ2n) is 4.75. The van der Waals surface area contributed by atoms with Crippen LogP contribution >= 0.6 is 0 Å². The van der Waals surface area contributed by atoms with E-state index in [0.717, 1.165) is 25.3 Å². The van der Waals surface area contributed by atoms with Crippen molar-refractivity contribution in [3.63, 3.8) is 0 Å². The number of anilines is 2. The van der Waals surface area contributed by atoms with Gasteiger partial charge in [-0.05, 0) is 25.7 Å². The molecule has 5 heteroatoms. The fraction of sp³-hybridized carbons (Fsp3) is 0.615. The lowest BCUT2D eigenvalue weighted by molar-refractivity contribution is 0.395. The van der Waals surface area contributed by atoms with E-state index < -0.39 is 11.6 Å². The standard InChI is InChI=1S/C13H19F2N3/c1-3-7-16-12-10(14)8-11(15)13(17-12)18(2)9-5-4-6-9/h8-9H,3-7H2,1-2H3,(H,16,17). The summed E-state index contributed by atoms with van der Waals surface area (Å²) >= 11 is 0. The third-order valence-corrected chi connectivity index (χ3v) is 3.41. The van der Waals surface area contributed by atoms with Gasteiger partial charge in [0.2, 0.25) is 0 Å². The Morgan fingerprint density at radius 1 is 1.39 bits per heavy atom. The fourth-order valence-corrected chi connectivity index (χ4v) is 2.02. The first kappa shape index (κ1) is 13.1. The first-order chi connectivity index (χ1) is 8.63. The van der Waals surface area contributed by atoms with Gasteiger partial charge in [0.25, 0.3) is 0 Å². The summed E-state index contributed by atoms with van der Waals surface area (Å²) in [5, 5.41) is 2.88. The molecule has 0 spiro atoms. The molecule has 1 saturated carbocycles. The topological polar surface area (TPSA) is 28.2 Å². The number of nitrogens with zero attached hydrogens (tertiary/aromatic N) is 2. The zero-order valence-electron chi connectivity index (χ0n) is 10.8. The monoisotopic (exact) mass is 255 g/mol. The van der Waals surface area contributed by atoms with E-state index in [4.69, 9.17) is 0 Å². The zero-order valence-corrected chi connectivity index (χ0v) is 10.8. The molecule has 3 nitrogen and oxygen atoms in total. The van der Waals surface area contributed by atoms with Crippen LogP contribution in [0, 0.1) is 11.6 Å². The Balaban J connectivity index is 2.22. The lowest BCUT2D eigenvalue weighted by atomic mass is 9.92. The number of pyridine rings is 1. The van der Waals surface area contributed by atoms with Gasteiger partial charge in [-0.3, -0.25) is 0 Å². The smallest absolute Gasteiger partial charge is 0.168 e. The lowest BCUT2D eigenvalue weighted by Crippen LogP contribution is -2.38. The second kappa shape index (κ2) is 5.50. The van der Waals surface area contributed by atoms with Crippen LogP contribution in [0.4, 0.5) is 20.4 Å². The summed E-state index contributed by atoms with van der Waals surface area (Å²) in [7, 11) is 1.82. The predicted molar refractivity (Wildman–Crippen MR) is 69.0 cm³/mol. The van der Waals surface area contributed by atoms with E-state index in [2.05, 4.69) is 10.3 Å². The summed E-state index contributed by atoms with van der Waals surface area (Å²) in [5.74, 6) is -0.852. The molecule has 100 valence electrons. The van der Waals surface area contributed by atoms with E-state index in [1.54, 1.807) is 0 Å². The molecule has 0 atom stereocenters. The van der Waals surface area contributed by atoms with Crippen LogP contribution in [-0.2, 0) is 0 Å². The van der Waals surface area contributed by atoms with Gasteiger partial charge in [-0.15, -0.1) is 0 Å². The first-order valence-electron chi connectivity index (χ1n) is 6.46. The van der Waals surface area contributed by atoms with Gasteiger partial charge < -0.3 is 10.2 Å². The summed E-state index contributed by atoms with van der Waals surface area (Å²) < 4.78 is 27.3. The van der Waals surface area contributed by atoms with Crippen LogP contribution in [-0.4, -0.2) is 24.6 Å². The number of halogens is 2. The Bertz CT molecular complexity index is 419. The van der Waals surface area contributed by atoms with E-state index in [-0.39, 0.29) is 11.6 Å². The van der Waals surface area contributed by atoms with E-state index in [9.17, 15) is 8.78 Å². The Labute approximate surface area is 106 Å². The third kappa shape index (κ3) is 2.54. The van der Waals surface area contributed by atoms with Crippen molar-refractivity contribution < 1.29 is 8.78 Å². The highest BCUT2D eigenvalue weighted by Gasteiger charge is 2.26. The van der Waals surface area contributed by atoms with Gasteiger partial charge in [-0.2, -0.15) is 0 Å². The van der Waals surface area contributed by atoms with Gasteiger partial charge in [0.05, 0.1) is 0 Å². The number of hydrogen-bond acceptors (Lipinski definition) is 3. The molecule has 1 aromatic heterocycles. The van der Waals surface area contributed by atoms with Crippen molar-refractivity contribution in [2.45, 2.75) is 38.6 Å². The summed E-state index contributed by atoms with van der Waals surface area (Å²) in [6.07, 6.45) is 4.13. The Morgan fingerprint density at radius 3 is 2.67 bits per heavy atom. The van der Waals surface area contributed by atoms with Crippen LogP contribution in [0.5, 0.6) is 0 Å². The zero-order chi connectivity index (χ0) is 13.1. The molecule has 0 saturated heterocycles. The lowest BCUT2D eigenvalue weighted by Gasteiger charge is -2.35. The van der Waals surface area contributed by atoms with Crippen molar-refractivity contribution in [2.24, 2.45) is 0 Å². The quantitative estimate of drug-likeness (QED) is 0.876. The number of hydrogen-bond donors (Lipinski definition) is 1. The van der Waals surface area contributed by atoms with E-state index in [1.807, 2.05) is 18.9 Å². The molecule has 0 radical (unpaired) electrons. The maximum atomic E-state index is 13.8. The predicted octanol–water partition coefficient (Wildman–Crippen LogP) is 3.17. The van der Waals surface area contributed by atoms with Crippen LogP contribution < -0.4 is 10.2 Å². The van der Waals surface area contributed by atoms with E-state index >= 15 is 0 Å². The third-order valence-electron chi connectivity index (χ3n) is 3.41. The molecule has 0 aromatic carbocycles. The minimum Gasteiger partial charge on any atom is -0.368 e. The number of rotatable bonds is 5. The molecule has 1 aliphatic carbocycles. The molecule has 1 aliphatic rings. The first-order valence-corrected chi connectivity index (χ1v) is 6.46. The summed E-state index contributed by atoms with van der Waals surface area (Å²) in [6, 6.07) is 1.24. The number of aromatic nitrogens is 1. The SMILES string of the molecule is CCCNc1nc(N(C)C2CCC2)c(F)cc1F. The van der Waals surface area contributed by atoms with Gasteiger partial charge in [0.1, 0.15) is 0 Å². The molecule has 0 bridgehead atoms. The molecule has 2 rings (SSSR count). The Morgan fingerprint density at radius 2 is 2.11 bits per heavy atom. The molecule has 1 heterocycles. The molecular formula is C13H19F2N3. The van der Waals surface area contributed by atoms with Crippen molar-refractivity contribution in [1.29, 1.82) is 0 Å². The van der Waals surface area contributed by atoms with Crippen molar-refractivity contribution in [1.82, 2.24) is 4.98 Å². The van der Waals surface area contributed by atoms with Crippen LogP contribution in [0.25, 0.3) is 0 Å². The maximum absolute atomic E-state index is 13.8. The van der Waals surface area contributed by atoms with Crippen LogP contribution in [0.15, 0.2) is 6.07 Å². The Kier molecular flexibility index (Phi) is 3.99. The molecule has 1 N–H and O–H groups in total. The molecular weight excluding hydrogens is 236 g/mol. The summed E-state index contributed by atoms with van der Waals surface area (Å²) in [6.45, 7) is 2.61. The highest BCUT2D eigenvalue weighted by atomic mass is 19.1. The second-order valence-corrected chi connectivity index (χ2v) is 4.75. The Hall–Kier alpha value is -1.39. The molecule has 1 fully saturated rings. The van der Waals surface area contributed by atoms with Gasteiger partial charge in [-0.1, -0.05) is 6.92 Å². The van der Waals surface area contributed by atoms with E-state index in [1.165, 1.54) is 6.42 Å². The fourth-order valence-electron chi connectivity index (χ4n) is 2.02. The van der Waals surface area contributed by atoms with Crippen molar-refractivity contribution in [3.8, 4) is 0 Å². The van der Waals surface area contributed by atoms with Crippen LogP contribution in [0.3, 0.4) is 0 Å². The van der Waals surface area contributed by atoms with Crippen LogP contribution in [0.2, 0.25) is 0 Å². The van der Waals surface area contributed by atoms with Crippen molar-refractivity contribution in [2.75, 3.05) is 23.8 Å². The summed E-state index contributed by atoms with van der Waals surface area (Å²) in [4.78, 5) is 5.89. The molecule has 1 aromatic rings. The molecule has 0 aliphatic heterocycles. The number of nitrogens with one attached hydrogen (secondary N) is 1. The average Bonchev–Trinajstić information content (AvgIpc) is 2.25. The normalized spacial score (nSPS) is 15.3. The largest absolute Gasteiger partial charge is 0.368 e. The van der Waals surface area contributed by atoms with Crippen molar-refractivity contribution in [3.05, 3.63) is 17.7 Å². The van der Waals surface area contributed by atoms with Crippen molar-refractivity contribution >= 4 is 11.6 Å². The van der Waals surface area contributed by atoms with Gasteiger partial charge >= 0.3 is 0 Å². The van der Waals surface area contributed by atoms with Crippen LogP contribution in [0.1, 0.15) is 32.6 Å². The van der Waals surface area contributed by atoms with E-state index in [0.29, 0.717) is 12.6 Å². The molecule has 18 heavy (non-hydrogen) atoms. The maximum Gasteiger partial charge on any atom is 0.168 e. The summed E-state index contributed by atoms with van der Waals surface area (Å²) in [5.41, 5.74) is 0. The average molecular weight is 255 g/mol. The van der Waals surface area contributed by atoms with Gasteiger partial charge in [0.15, 0.2) is 23.3 Å². The van der Waals surface area contributed by atoms with Gasteiger partial charge in [0, 0.05) is 25.7 Å². The molecule has 0 unspecified atom stereocenters.